The number of carbonyl (C=O) groups excluding carboxylic acids is 2. The van der Waals surface area contributed by atoms with Gasteiger partial charge < -0.3 is 50.5 Å². The number of nitrogens with two attached hydrogens (primary N) is 1. The van der Waals surface area contributed by atoms with E-state index in [1.165, 1.54) is 0 Å². The van der Waals surface area contributed by atoms with Gasteiger partial charge in [-0.2, -0.15) is 0 Å². The molecule has 0 radical (unpaired) electrons. The molecular weight excluding hydrogens is 488 g/mol. The molecule has 0 bridgehead atoms. The number of carboxylic acid groups (broad SMARTS) is 1. The minimum Gasteiger partial charge on any atom is -0.465 e. The number of hydrogen-bond donors (Lipinski definition) is 5. The molecule has 0 rings (SSSR count). The van der Waals surface area contributed by atoms with Crippen LogP contribution >= 0.6 is 0 Å². The second-order valence-corrected chi connectivity index (χ2v) is 10.7. The van der Waals surface area contributed by atoms with Crippen molar-refractivity contribution in [3.05, 3.63) is 0 Å². The highest BCUT2D eigenvalue weighted by Gasteiger charge is 2.26. The third-order valence-corrected chi connectivity index (χ3v) is 4.18. The zero-order valence-electron chi connectivity index (χ0n) is 23.3. The van der Waals surface area contributed by atoms with Gasteiger partial charge in [0.25, 0.3) is 0 Å². The van der Waals surface area contributed by atoms with E-state index in [4.69, 9.17) is 34.5 Å². The summed E-state index contributed by atoms with van der Waals surface area (Å²) in [7, 11) is 0. The monoisotopic (exact) mass is 536 g/mol. The van der Waals surface area contributed by atoms with E-state index in [9.17, 15) is 14.4 Å². The standard InChI is InChI=1S/C24H48N4O9/c1-22(2,3)36-20(31)27-11-8-14-34-17-24(25,16-33-13-7-10-26-19(29)30)18-35-15-9-12-28-21(32)37-23(4,5)6/h26H,7-18,25H2,1-6H3,(H,27,31)(H,28,32)(H,29,30). The summed E-state index contributed by atoms with van der Waals surface area (Å²) < 4.78 is 27.4. The van der Waals surface area contributed by atoms with E-state index in [-0.39, 0.29) is 26.4 Å². The van der Waals surface area contributed by atoms with Crippen LogP contribution in [0.1, 0.15) is 60.8 Å². The average molecular weight is 537 g/mol. The summed E-state index contributed by atoms with van der Waals surface area (Å²) >= 11 is 0. The lowest BCUT2D eigenvalue weighted by molar-refractivity contribution is -0.0237. The summed E-state index contributed by atoms with van der Waals surface area (Å²) in [5.74, 6) is 0. The van der Waals surface area contributed by atoms with E-state index in [1.807, 2.05) is 0 Å². The van der Waals surface area contributed by atoms with E-state index >= 15 is 0 Å². The first kappa shape index (κ1) is 34.6. The van der Waals surface area contributed by atoms with Gasteiger partial charge in [-0.25, -0.2) is 14.4 Å². The number of ether oxygens (including phenoxy) is 5. The molecule has 0 spiro atoms. The van der Waals surface area contributed by atoms with Crippen LogP contribution in [0.5, 0.6) is 0 Å². The van der Waals surface area contributed by atoms with Crippen molar-refractivity contribution in [2.24, 2.45) is 5.73 Å². The zero-order valence-corrected chi connectivity index (χ0v) is 23.3. The Morgan fingerprint density at radius 2 is 0.973 bits per heavy atom. The Bertz CT molecular complexity index is 624. The predicted molar refractivity (Wildman–Crippen MR) is 138 cm³/mol. The number of amides is 3. The topological polar surface area (TPSA) is 180 Å². The Labute approximate surface area is 220 Å². The molecule has 0 heterocycles. The largest absolute Gasteiger partial charge is 0.465 e. The van der Waals surface area contributed by atoms with Crippen molar-refractivity contribution >= 4 is 18.3 Å². The van der Waals surface area contributed by atoms with Gasteiger partial charge in [-0.1, -0.05) is 0 Å². The summed E-state index contributed by atoms with van der Waals surface area (Å²) in [6, 6.07) is 0. The molecule has 0 unspecified atom stereocenters. The fourth-order valence-corrected chi connectivity index (χ4v) is 2.68. The number of hydrogen-bond acceptors (Lipinski definition) is 9. The molecule has 0 saturated carbocycles. The van der Waals surface area contributed by atoms with Crippen molar-refractivity contribution in [1.82, 2.24) is 16.0 Å². The Balaban J connectivity index is 4.36. The first-order chi connectivity index (χ1) is 17.1. The molecule has 0 aliphatic heterocycles. The van der Waals surface area contributed by atoms with Gasteiger partial charge in [0.05, 0.1) is 25.4 Å². The Kier molecular flexibility index (Phi) is 16.9. The molecular formula is C24H48N4O9. The smallest absolute Gasteiger partial charge is 0.407 e. The number of rotatable bonds is 18. The minimum atomic E-state index is -1.09. The zero-order chi connectivity index (χ0) is 28.4. The fourth-order valence-electron chi connectivity index (χ4n) is 2.68. The third-order valence-electron chi connectivity index (χ3n) is 4.18. The van der Waals surface area contributed by atoms with Gasteiger partial charge in [0, 0.05) is 39.5 Å². The predicted octanol–water partition coefficient (Wildman–Crippen LogP) is 2.22. The van der Waals surface area contributed by atoms with Crippen molar-refractivity contribution in [2.45, 2.75) is 77.5 Å². The molecule has 0 saturated heterocycles. The summed E-state index contributed by atoms with van der Waals surface area (Å²) in [5.41, 5.74) is 4.41. The Morgan fingerprint density at radius 1 is 0.649 bits per heavy atom. The molecule has 0 aromatic rings. The molecule has 0 aliphatic carbocycles. The molecule has 13 heteroatoms. The van der Waals surface area contributed by atoms with Crippen LogP contribution in [0.4, 0.5) is 14.4 Å². The first-order valence-electron chi connectivity index (χ1n) is 12.5. The van der Waals surface area contributed by atoms with Gasteiger partial charge in [0.1, 0.15) is 11.2 Å². The molecule has 0 fully saturated rings. The van der Waals surface area contributed by atoms with Crippen LogP contribution in [-0.4, -0.2) is 99.4 Å². The molecule has 0 aliphatic rings. The number of carbonyl (C=O) groups is 3. The van der Waals surface area contributed by atoms with Crippen LogP contribution in [0.3, 0.4) is 0 Å². The fraction of sp³-hybridized carbons (Fsp3) is 0.875. The first-order valence-corrected chi connectivity index (χ1v) is 12.5. The van der Waals surface area contributed by atoms with Crippen LogP contribution in [0.2, 0.25) is 0 Å². The highest BCUT2D eigenvalue weighted by atomic mass is 16.6. The number of nitrogens with one attached hydrogen (secondary N) is 3. The average Bonchev–Trinajstić information content (AvgIpc) is 2.73. The third kappa shape index (κ3) is 23.8. The quantitative estimate of drug-likeness (QED) is 0.163. The maximum atomic E-state index is 11.7. The molecule has 3 amide bonds. The van der Waals surface area contributed by atoms with Crippen LogP contribution in [0.25, 0.3) is 0 Å². The molecule has 6 N–H and O–H groups in total. The Morgan fingerprint density at radius 3 is 1.27 bits per heavy atom. The maximum absolute atomic E-state index is 11.7. The molecule has 0 aromatic heterocycles. The lowest BCUT2D eigenvalue weighted by Gasteiger charge is -2.29. The SMILES string of the molecule is CC(C)(C)OC(=O)NCCCOCC(N)(COCCCNC(=O)O)COCCCNC(=O)OC(C)(C)C. The van der Waals surface area contributed by atoms with Gasteiger partial charge in [-0.05, 0) is 60.8 Å². The highest BCUT2D eigenvalue weighted by molar-refractivity contribution is 5.67. The second kappa shape index (κ2) is 18.0. The molecule has 37 heavy (non-hydrogen) atoms. The summed E-state index contributed by atoms with van der Waals surface area (Å²) in [6.45, 7) is 13.3. The van der Waals surface area contributed by atoms with Crippen molar-refractivity contribution < 1.29 is 43.2 Å². The minimum absolute atomic E-state index is 0.145. The Hall–Kier alpha value is -2.35. The van der Waals surface area contributed by atoms with Gasteiger partial charge in [-0.15, -0.1) is 0 Å². The number of alkyl carbamates (subject to hydrolysis) is 2. The van der Waals surface area contributed by atoms with Crippen molar-refractivity contribution in [1.29, 1.82) is 0 Å². The van der Waals surface area contributed by atoms with Gasteiger partial charge >= 0.3 is 18.3 Å². The van der Waals surface area contributed by atoms with Crippen LogP contribution in [-0.2, 0) is 23.7 Å². The van der Waals surface area contributed by atoms with Crippen LogP contribution < -0.4 is 21.7 Å². The maximum Gasteiger partial charge on any atom is 0.407 e. The van der Waals surface area contributed by atoms with Crippen molar-refractivity contribution in [3.8, 4) is 0 Å². The van der Waals surface area contributed by atoms with E-state index < -0.39 is 35.0 Å². The molecule has 13 nitrogen and oxygen atoms in total. The van der Waals surface area contributed by atoms with Crippen molar-refractivity contribution in [3.63, 3.8) is 0 Å². The van der Waals surface area contributed by atoms with Gasteiger partial charge in [0.2, 0.25) is 0 Å². The van der Waals surface area contributed by atoms with E-state index in [1.54, 1.807) is 41.5 Å². The normalized spacial score (nSPS) is 12.1. The van der Waals surface area contributed by atoms with E-state index in [0.717, 1.165) is 0 Å². The summed E-state index contributed by atoms with van der Waals surface area (Å²) in [4.78, 5) is 33.9. The lowest BCUT2D eigenvalue weighted by Crippen LogP contribution is -2.53. The van der Waals surface area contributed by atoms with E-state index in [2.05, 4.69) is 16.0 Å². The van der Waals surface area contributed by atoms with Crippen LogP contribution in [0.15, 0.2) is 0 Å². The van der Waals surface area contributed by atoms with Gasteiger partial charge in [-0.3, -0.25) is 0 Å². The van der Waals surface area contributed by atoms with Crippen LogP contribution in [0, 0.1) is 0 Å². The highest BCUT2D eigenvalue weighted by Crippen LogP contribution is 2.08. The van der Waals surface area contributed by atoms with E-state index in [0.29, 0.717) is 52.2 Å². The van der Waals surface area contributed by atoms with Crippen molar-refractivity contribution in [2.75, 3.05) is 59.3 Å². The lowest BCUT2D eigenvalue weighted by atomic mass is 10.1. The summed E-state index contributed by atoms with van der Waals surface area (Å²) in [6.07, 6.45) is -0.432. The second-order valence-electron chi connectivity index (χ2n) is 10.7. The molecule has 0 atom stereocenters. The summed E-state index contributed by atoms with van der Waals surface area (Å²) in [5, 5.41) is 16.2. The molecule has 0 aromatic carbocycles. The van der Waals surface area contributed by atoms with Gasteiger partial charge in [0.15, 0.2) is 0 Å². The molecule has 218 valence electrons.